The first-order chi connectivity index (χ1) is 9.06. The second-order valence-corrected chi connectivity index (χ2v) is 5.54. The molecule has 1 N–H and O–H groups in total. The van der Waals surface area contributed by atoms with E-state index in [2.05, 4.69) is 21.2 Å². The first kappa shape index (κ1) is 14.1. The summed E-state index contributed by atoms with van der Waals surface area (Å²) in [6.45, 7) is 3.75. The molecule has 1 fully saturated rings. The zero-order chi connectivity index (χ0) is 14.0. The average molecular weight is 325 g/mol. The minimum atomic E-state index is -0.487. The molecular weight excluding hydrogens is 308 g/mol. The number of nitrogens with one attached hydrogen (secondary N) is 1. The van der Waals surface area contributed by atoms with Crippen LogP contribution in [0.15, 0.2) is 28.7 Å². The third-order valence-electron chi connectivity index (χ3n) is 3.31. The van der Waals surface area contributed by atoms with Crippen molar-refractivity contribution in [3.05, 3.63) is 28.7 Å². The summed E-state index contributed by atoms with van der Waals surface area (Å²) in [6, 6.07) is 6.56. The van der Waals surface area contributed by atoms with Crippen molar-refractivity contribution in [2.75, 3.05) is 4.90 Å². The smallest absolute Gasteiger partial charge is 0.250 e. The van der Waals surface area contributed by atoms with Gasteiger partial charge in [-0.15, -0.1) is 0 Å². The third-order valence-corrected chi connectivity index (χ3v) is 3.98. The Bertz CT molecular complexity index is 504. The Morgan fingerprint density at radius 2 is 2.00 bits per heavy atom. The van der Waals surface area contributed by atoms with Crippen LogP contribution in [-0.2, 0) is 9.59 Å². The standard InChI is InChI=1S/C14H17BrN2O2/c1-3-6-11-14(19)17(9(2)13(18)16-11)12-8-5-4-7-10(12)15/h4-5,7-9,11H,3,6H2,1-2H3,(H,16,18). The van der Waals surface area contributed by atoms with Crippen LogP contribution in [0.3, 0.4) is 0 Å². The number of para-hydroxylation sites is 1. The van der Waals surface area contributed by atoms with E-state index in [9.17, 15) is 9.59 Å². The number of nitrogens with zero attached hydrogens (tertiary/aromatic N) is 1. The van der Waals surface area contributed by atoms with E-state index in [1.807, 2.05) is 31.2 Å². The molecule has 102 valence electrons. The van der Waals surface area contributed by atoms with Crippen LogP contribution >= 0.6 is 15.9 Å². The summed E-state index contributed by atoms with van der Waals surface area (Å²) in [5.74, 6) is -0.144. The molecule has 2 atom stereocenters. The van der Waals surface area contributed by atoms with Crippen LogP contribution in [0.2, 0.25) is 0 Å². The van der Waals surface area contributed by atoms with Gasteiger partial charge in [0.05, 0.1) is 5.69 Å². The Labute approximate surface area is 121 Å². The topological polar surface area (TPSA) is 49.4 Å². The van der Waals surface area contributed by atoms with Crippen LogP contribution in [0.5, 0.6) is 0 Å². The van der Waals surface area contributed by atoms with E-state index in [4.69, 9.17) is 0 Å². The van der Waals surface area contributed by atoms with Crippen molar-refractivity contribution >= 4 is 33.4 Å². The summed E-state index contributed by atoms with van der Waals surface area (Å²) in [4.78, 5) is 26.1. The van der Waals surface area contributed by atoms with E-state index in [0.29, 0.717) is 6.42 Å². The van der Waals surface area contributed by atoms with Crippen LogP contribution in [0.1, 0.15) is 26.7 Å². The Morgan fingerprint density at radius 3 is 2.63 bits per heavy atom. The molecule has 19 heavy (non-hydrogen) atoms. The molecule has 0 saturated carbocycles. The van der Waals surface area contributed by atoms with Crippen LogP contribution in [0.25, 0.3) is 0 Å². The quantitative estimate of drug-likeness (QED) is 0.928. The molecular formula is C14H17BrN2O2. The first-order valence-electron chi connectivity index (χ1n) is 6.44. The maximum absolute atomic E-state index is 12.5. The lowest BCUT2D eigenvalue weighted by Gasteiger charge is -2.37. The maximum atomic E-state index is 12.5. The molecule has 0 aliphatic carbocycles. The van der Waals surface area contributed by atoms with Crippen molar-refractivity contribution in [3.63, 3.8) is 0 Å². The molecule has 2 rings (SSSR count). The summed E-state index contributed by atoms with van der Waals surface area (Å²) in [5.41, 5.74) is 0.746. The number of carbonyl (C=O) groups excluding carboxylic acids is 2. The fourth-order valence-electron chi connectivity index (χ4n) is 2.29. The molecule has 1 aliphatic heterocycles. The molecule has 1 heterocycles. The molecule has 1 aliphatic rings. The minimum Gasteiger partial charge on any atom is -0.342 e. The van der Waals surface area contributed by atoms with E-state index in [-0.39, 0.29) is 11.8 Å². The lowest BCUT2D eigenvalue weighted by molar-refractivity contribution is -0.133. The number of halogens is 1. The molecule has 0 spiro atoms. The largest absolute Gasteiger partial charge is 0.342 e. The second-order valence-electron chi connectivity index (χ2n) is 4.69. The van der Waals surface area contributed by atoms with Gasteiger partial charge in [-0.25, -0.2) is 0 Å². The minimum absolute atomic E-state index is 0.0409. The van der Waals surface area contributed by atoms with Gasteiger partial charge in [0.25, 0.3) is 0 Å². The fraction of sp³-hybridized carbons (Fsp3) is 0.429. The number of anilines is 1. The van der Waals surface area contributed by atoms with Crippen LogP contribution < -0.4 is 10.2 Å². The van der Waals surface area contributed by atoms with Crippen molar-refractivity contribution in [2.24, 2.45) is 0 Å². The lowest BCUT2D eigenvalue weighted by atomic mass is 10.0. The van der Waals surface area contributed by atoms with E-state index in [1.165, 1.54) is 0 Å². The van der Waals surface area contributed by atoms with Gasteiger partial charge in [0, 0.05) is 4.47 Å². The molecule has 1 aromatic carbocycles. The van der Waals surface area contributed by atoms with Crippen molar-refractivity contribution in [2.45, 2.75) is 38.8 Å². The molecule has 2 unspecified atom stereocenters. The van der Waals surface area contributed by atoms with E-state index in [1.54, 1.807) is 11.8 Å². The molecule has 0 bridgehead atoms. The lowest BCUT2D eigenvalue weighted by Crippen LogP contribution is -2.62. The van der Waals surface area contributed by atoms with Crippen molar-refractivity contribution in [3.8, 4) is 0 Å². The number of hydrogen-bond donors (Lipinski definition) is 1. The molecule has 4 nitrogen and oxygen atoms in total. The van der Waals surface area contributed by atoms with Gasteiger partial charge in [0.15, 0.2) is 0 Å². The summed E-state index contributed by atoms with van der Waals surface area (Å²) in [7, 11) is 0. The first-order valence-corrected chi connectivity index (χ1v) is 7.23. The zero-order valence-corrected chi connectivity index (χ0v) is 12.6. The van der Waals surface area contributed by atoms with Gasteiger partial charge < -0.3 is 5.32 Å². The zero-order valence-electron chi connectivity index (χ0n) is 11.0. The van der Waals surface area contributed by atoms with E-state index < -0.39 is 12.1 Å². The SMILES string of the molecule is CCCC1NC(=O)C(C)N(c2ccccc2Br)C1=O. The molecule has 1 aromatic rings. The van der Waals surface area contributed by atoms with Gasteiger partial charge in [-0.3, -0.25) is 14.5 Å². The van der Waals surface area contributed by atoms with Gasteiger partial charge in [0.1, 0.15) is 12.1 Å². The maximum Gasteiger partial charge on any atom is 0.250 e. The molecule has 2 amide bonds. The van der Waals surface area contributed by atoms with Crippen molar-refractivity contribution in [1.82, 2.24) is 5.32 Å². The monoisotopic (exact) mass is 324 g/mol. The van der Waals surface area contributed by atoms with E-state index >= 15 is 0 Å². The van der Waals surface area contributed by atoms with Crippen LogP contribution in [0.4, 0.5) is 5.69 Å². The van der Waals surface area contributed by atoms with Crippen LogP contribution in [0, 0.1) is 0 Å². The molecule has 1 saturated heterocycles. The highest BCUT2D eigenvalue weighted by Gasteiger charge is 2.38. The number of hydrogen-bond acceptors (Lipinski definition) is 2. The van der Waals surface area contributed by atoms with Gasteiger partial charge in [-0.2, -0.15) is 0 Å². The summed E-state index contributed by atoms with van der Waals surface area (Å²) in [6.07, 6.45) is 1.52. The molecule has 5 heteroatoms. The molecule has 0 radical (unpaired) electrons. The second kappa shape index (κ2) is 5.74. The number of benzene rings is 1. The van der Waals surface area contributed by atoms with Gasteiger partial charge in [0.2, 0.25) is 11.8 Å². The highest BCUT2D eigenvalue weighted by atomic mass is 79.9. The van der Waals surface area contributed by atoms with Crippen LogP contribution in [-0.4, -0.2) is 23.9 Å². The average Bonchev–Trinajstić information content (AvgIpc) is 2.38. The Balaban J connectivity index is 2.38. The predicted octanol–water partition coefficient (Wildman–Crippen LogP) is 2.47. The van der Waals surface area contributed by atoms with E-state index in [0.717, 1.165) is 16.6 Å². The Hall–Kier alpha value is -1.36. The highest BCUT2D eigenvalue weighted by molar-refractivity contribution is 9.10. The number of carbonyl (C=O) groups is 2. The number of piperazine rings is 1. The highest BCUT2D eigenvalue weighted by Crippen LogP contribution is 2.29. The number of rotatable bonds is 3. The fourth-order valence-corrected chi connectivity index (χ4v) is 2.76. The summed E-state index contributed by atoms with van der Waals surface area (Å²) >= 11 is 3.44. The van der Waals surface area contributed by atoms with Gasteiger partial charge >= 0.3 is 0 Å². The molecule has 0 aromatic heterocycles. The third kappa shape index (κ3) is 2.66. The normalized spacial score (nSPS) is 23.4. The van der Waals surface area contributed by atoms with Gasteiger partial charge in [-0.05, 0) is 41.4 Å². The summed E-state index contributed by atoms with van der Waals surface area (Å²) in [5, 5.41) is 2.79. The number of amides is 2. The van der Waals surface area contributed by atoms with Gasteiger partial charge in [-0.1, -0.05) is 25.5 Å². The Morgan fingerprint density at radius 1 is 1.32 bits per heavy atom. The van der Waals surface area contributed by atoms with Crippen molar-refractivity contribution in [1.29, 1.82) is 0 Å². The van der Waals surface area contributed by atoms with Crippen molar-refractivity contribution < 1.29 is 9.59 Å². The predicted molar refractivity (Wildman–Crippen MR) is 77.9 cm³/mol. The summed E-state index contributed by atoms with van der Waals surface area (Å²) < 4.78 is 0.820. The Kier molecular flexibility index (Phi) is 4.24.